The molecule has 0 aromatic heterocycles. The van der Waals surface area contributed by atoms with Gasteiger partial charge in [0.05, 0.1) is 5.41 Å². The Morgan fingerprint density at radius 1 is 1.07 bits per heavy atom. The van der Waals surface area contributed by atoms with Gasteiger partial charge in [-0.3, -0.25) is 4.79 Å². The summed E-state index contributed by atoms with van der Waals surface area (Å²) >= 11 is 5.84. The largest absolute Gasteiger partial charge is 0.480 e. The number of hydrogen-bond donors (Lipinski definition) is 3. The Labute approximate surface area is 170 Å². The molecule has 0 aliphatic carbocycles. The summed E-state index contributed by atoms with van der Waals surface area (Å²) in [6.45, 7) is 1.82. The van der Waals surface area contributed by atoms with Crippen molar-refractivity contribution in [1.82, 2.24) is 5.32 Å². The van der Waals surface area contributed by atoms with Crippen LogP contribution < -0.4 is 5.32 Å². The van der Waals surface area contributed by atoms with E-state index in [1.165, 1.54) is 11.8 Å². The van der Waals surface area contributed by atoms with E-state index in [0.29, 0.717) is 23.7 Å². The molecule has 1 amide bonds. The Morgan fingerprint density at radius 3 is 2.15 bits per heavy atom. The summed E-state index contributed by atoms with van der Waals surface area (Å²) in [4.78, 5) is 24.4. The van der Waals surface area contributed by atoms with Crippen molar-refractivity contribution in [2.45, 2.75) is 25.1 Å². The predicted molar refractivity (Wildman–Crippen MR) is 114 cm³/mol. The molecule has 0 bridgehead atoms. The van der Waals surface area contributed by atoms with E-state index in [1.807, 2.05) is 67.6 Å². The number of hydrogen-bond acceptors (Lipinski definition) is 4. The molecular weight excluding hydrogens is 378 g/mol. The van der Waals surface area contributed by atoms with Gasteiger partial charge in [-0.1, -0.05) is 60.7 Å². The Morgan fingerprint density at radius 2 is 1.63 bits per heavy atom. The Hall–Kier alpha value is -1.92. The summed E-state index contributed by atoms with van der Waals surface area (Å²) in [5, 5.41) is 12.2. The number of carbonyl (C=O) groups excluding carboxylic acids is 1. The second kappa shape index (κ2) is 10.4. The molecule has 2 aromatic carbocycles. The zero-order chi connectivity index (χ0) is 19.7. The third kappa shape index (κ3) is 6.63. The van der Waals surface area contributed by atoms with Crippen molar-refractivity contribution in [2.24, 2.45) is 5.41 Å². The normalized spacial score (nSPS) is 14.1. The quantitative estimate of drug-likeness (QED) is 0.530. The van der Waals surface area contributed by atoms with Crippen LogP contribution in [-0.4, -0.2) is 34.5 Å². The number of aliphatic carboxylic acids is 1. The van der Waals surface area contributed by atoms with Gasteiger partial charge in [-0.15, -0.1) is 0 Å². The summed E-state index contributed by atoms with van der Waals surface area (Å²) in [6, 6.07) is 18.6. The van der Waals surface area contributed by atoms with Crippen LogP contribution in [0.5, 0.6) is 0 Å². The van der Waals surface area contributed by atoms with Gasteiger partial charge in [0.2, 0.25) is 5.91 Å². The molecule has 144 valence electrons. The molecule has 6 heteroatoms. The second-order valence-electron chi connectivity index (χ2n) is 6.75. The van der Waals surface area contributed by atoms with Gasteiger partial charge in [0.15, 0.2) is 0 Å². The van der Waals surface area contributed by atoms with Gasteiger partial charge in [-0.25, -0.2) is 4.79 Å². The molecule has 0 aliphatic heterocycles. The minimum atomic E-state index is -1.02. The monoisotopic (exact) mass is 403 g/mol. The Balaban J connectivity index is 1.96. The number of thioether (sulfide) groups is 1. The molecule has 27 heavy (non-hydrogen) atoms. The molecule has 0 fully saturated rings. The highest BCUT2D eigenvalue weighted by Gasteiger charge is 2.34. The van der Waals surface area contributed by atoms with Crippen LogP contribution in [0.15, 0.2) is 60.7 Å². The molecule has 0 radical (unpaired) electrons. The summed E-state index contributed by atoms with van der Waals surface area (Å²) < 4.78 is 0. The van der Waals surface area contributed by atoms with E-state index >= 15 is 0 Å². The number of carboxylic acids is 1. The van der Waals surface area contributed by atoms with Crippen LogP contribution in [0.3, 0.4) is 0 Å². The minimum Gasteiger partial charge on any atom is -0.480 e. The van der Waals surface area contributed by atoms with Gasteiger partial charge < -0.3 is 10.4 Å². The van der Waals surface area contributed by atoms with Gasteiger partial charge in [0.1, 0.15) is 6.04 Å². The molecule has 0 aliphatic rings. The van der Waals surface area contributed by atoms with Gasteiger partial charge in [0, 0.05) is 17.3 Å². The number of thiol groups is 1. The van der Waals surface area contributed by atoms with E-state index in [9.17, 15) is 14.7 Å². The van der Waals surface area contributed by atoms with E-state index in [2.05, 4.69) is 17.9 Å². The van der Waals surface area contributed by atoms with E-state index < -0.39 is 17.4 Å². The molecule has 2 aromatic rings. The second-order valence-corrected chi connectivity index (χ2v) is 8.09. The van der Waals surface area contributed by atoms with Gasteiger partial charge in [-0.2, -0.15) is 24.4 Å². The molecule has 0 heterocycles. The number of amides is 1. The fourth-order valence-corrected chi connectivity index (χ4v) is 3.89. The smallest absolute Gasteiger partial charge is 0.327 e. The van der Waals surface area contributed by atoms with Crippen LogP contribution in [0.1, 0.15) is 18.1 Å². The van der Waals surface area contributed by atoms with Crippen molar-refractivity contribution < 1.29 is 14.7 Å². The highest BCUT2D eigenvalue weighted by molar-refractivity contribution is 7.98. The first kappa shape index (κ1) is 21.4. The SMILES string of the molecule is CC(CS)(Cc1ccccc1)C(=O)N[C@@H](CSCc1ccccc1)C(=O)O. The third-order valence-electron chi connectivity index (χ3n) is 4.33. The van der Waals surface area contributed by atoms with E-state index in [0.717, 1.165) is 11.1 Å². The summed E-state index contributed by atoms with van der Waals surface area (Å²) in [7, 11) is 0. The molecule has 2 rings (SSSR count). The summed E-state index contributed by atoms with van der Waals surface area (Å²) in [6.07, 6.45) is 0.507. The maximum absolute atomic E-state index is 12.8. The lowest BCUT2D eigenvalue weighted by atomic mass is 9.84. The van der Waals surface area contributed by atoms with Gasteiger partial charge in [0.25, 0.3) is 0 Å². The van der Waals surface area contributed by atoms with Crippen molar-refractivity contribution >= 4 is 36.3 Å². The number of carbonyl (C=O) groups is 2. The highest BCUT2D eigenvalue weighted by atomic mass is 32.2. The zero-order valence-corrected chi connectivity index (χ0v) is 17.0. The first-order chi connectivity index (χ1) is 12.9. The molecule has 0 saturated heterocycles. The van der Waals surface area contributed by atoms with Gasteiger partial charge >= 0.3 is 5.97 Å². The maximum atomic E-state index is 12.8. The van der Waals surface area contributed by atoms with Gasteiger partial charge in [-0.05, 0) is 24.5 Å². The fraction of sp³-hybridized carbons (Fsp3) is 0.333. The van der Waals surface area contributed by atoms with Crippen molar-refractivity contribution in [3.05, 3.63) is 71.8 Å². The molecule has 2 atom stereocenters. The number of rotatable bonds is 10. The van der Waals surface area contributed by atoms with Crippen LogP contribution >= 0.6 is 24.4 Å². The van der Waals surface area contributed by atoms with Crippen LogP contribution in [0.2, 0.25) is 0 Å². The lowest BCUT2D eigenvalue weighted by Crippen LogP contribution is -2.50. The summed E-state index contributed by atoms with van der Waals surface area (Å²) in [5.74, 6) is 0.0365. The number of benzene rings is 2. The molecule has 4 nitrogen and oxygen atoms in total. The van der Waals surface area contributed by atoms with Crippen LogP contribution in [-0.2, 0) is 21.8 Å². The van der Waals surface area contributed by atoms with Crippen LogP contribution in [0.4, 0.5) is 0 Å². The topological polar surface area (TPSA) is 66.4 Å². The first-order valence-electron chi connectivity index (χ1n) is 8.75. The van der Waals surface area contributed by atoms with Crippen molar-refractivity contribution in [3.63, 3.8) is 0 Å². The van der Waals surface area contributed by atoms with Crippen molar-refractivity contribution in [1.29, 1.82) is 0 Å². The first-order valence-corrected chi connectivity index (χ1v) is 10.5. The van der Waals surface area contributed by atoms with Crippen molar-refractivity contribution in [2.75, 3.05) is 11.5 Å². The number of carboxylic acid groups (broad SMARTS) is 1. The predicted octanol–water partition coefficient (Wildman–Crippen LogP) is 3.67. The molecule has 0 spiro atoms. The molecule has 1 unspecified atom stereocenters. The van der Waals surface area contributed by atoms with Crippen LogP contribution in [0.25, 0.3) is 0 Å². The Bertz CT molecular complexity index is 740. The van der Waals surface area contributed by atoms with E-state index in [-0.39, 0.29) is 5.91 Å². The Kier molecular flexibility index (Phi) is 8.25. The minimum absolute atomic E-state index is 0.283. The molecular formula is C21H25NO3S2. The lowest BCUT2D eigenvalue weighted by molar-refractivity contribution is -0.142. The third-order valence-corrected chi connectivity index (χ3v) is 6.14. The zero-order valence-electron chi connectivity index (χ0n) is 15.3. The standard InChI is InChI=1S/C21H25NO3S2/c1-21(15-26,12-16-8-4-2-5-9-16)20(25)22-18(19(23)24)14-27-13-17-10-6-3-7-11-17/h2-11,18,26H,12-15H2,1H3,(H,22,25)(H,23,24)/t18-,21?/m0/s1. The lowest BCUT2D eigenvalue weighted by Gasteiger charge is -2.28. The van der Waals surface area contributed by atoms with E-state index in [1.54, 1.807) is 0 Å². The average molecular weight is 404 g/mol. The summed E-state index contributed by atoms with van der Waals surface area (Å²) in [5.41, 5.74) is 1.37. The average Bonchev–Trinajstić information content (AvgIpc) is 2.68. The highest BCUT2D eigenvalue weighted by Crippen LogP contribution is 2.25. The molecule has 0 saturated carbocycles. The van der Waals surface area contributed by atoms with Crippen molar-refractivity contribution in [3.8, 4) is 0 Å². The fourth-order valence-electron chi connectivity index (χ4n) is 2.63. The molecule has 2 N–H and O–H groups in total. The van der Waals surface area contributed by atoms with E-state index in [4.69, 9.17) is 0 Å². The van der Waals surface area contributed by atoms with Crippen LogP contribution in [0, 0.1) is 5.41 Å². The number of nitrogens with one attached hydrogen (secondary N) is 1. The maximum Gasteiger partial charge on any atom is 0.327 e.